The first kappa shape index (κ1) is 33.4. The summed E-state index contributed by atoms with van der Waals surface area (Å²) in [7, 11) is 2.01. The topological polar surface area (TPSA) is 69.7 Å². The Kier molecular flexibility index (Phi) is 11.4. The number of hydrogen-bond acceptors (Lipinski definition) is 5. The maximum atomic E-state index is 13.5. The SMILES string of the molecule is CC(Nc1nccc(C2(c3ncc[nH]3)CC(c3cccc(C(F)(F)F)c3)CCN2C)n1)c1ccccc1.Cl.Cl.Cl. The Morgan fingerprint density at radius 3 is 2.42 bits per heavy atom. The quantitative estimate of drug-likeness (QED) is 0.236. The van der Waals surface area contributed by atoms with Gasteiger partial charge in [0.2, 0.25) is 5.95 Å². The normalized spacial score (nSPS) is 19.9. The van der Waals surface area contributed by atoms with Gasteiger partial charge in [-0.15, -0.1) is 37.2 Å². The molecule has 2 aromatic carbocycles. The fourth-order valence-corrected chi connectivity index (χ4v) is 5.28. The van der Waals surface area contributed by atoms with Gasteiger partial charge in [0.25, 0.3) is 0 Å². The molecule has 12 heteroatoms. The molecule has 0 bridgehead atoms. The molecule has 1 saturated heterocycles. The number of hydrogen-bond donors (Lipinski definition) is 2. The summed E-state index contributed by atoms with van der Waals surface area (Å²) in [6.45, 7) is 2.71. The predicted octanol–water partition coefficient (Wildman–Crippen LogP) is 7.41. The van der Waals surface area contributed by atoms with Crippen LogP contribution in [0.5, 0.6) is 0 Å². The van der Waals surface area contributed by atoms with Crippen molar-refractivity contribution < 1.29 is 13.2 Å². The van der Waals surface area contributed by atoms with E-state index in [4.69, 9.17) is 4.98 Å². The van der Waals surface area contributed by atoms with Crippen molar-refractivity contribution in [1.29, 1.82) is 0 Å². The third-order valence-corrected chi connectivity index (χ3v) is 7.31. The molecule has 1 fully saturated rings. The minimum Gasteiger partial charge on any atom is -0.348 e. The van der Waals surface area contributed by atoms with Crippen molar-refractivity contribution in [2.75, 3.05) is 18.9 Å². The van der Waals surface area contributed by atoms with Crippen LogP contribution in [0.2, 0.25) is 0 Å². The lowest BCUT2D eigenvalue weighted by Crippen LogP contribution is -2.51. The summed E-state index contributed by atoms with van der Waals surface area (Å²) >= 11 is 0. The molecule has 1 aliphatic heterocycles. The monoisotopic (exact) mass is 614 g/mol. The number of anilines is 1. The number of aromatic nitrogens is 4. The van der Waals surface area contributed by atoms with Gasteiger partial charge in [-0.25, -0.2) is 15.0 Å². The van der Waals surface area contributed by atoms with E-state index in [1.54, 1.807) is 24.7 Å². The maximum Gasteiger partial charge on any atom is 0.416 e. The van der Waals surface area contributed by atoms with Gasteiger partial charge in [0.15, 0.2) is 0 Å². The maximum absolute atomic E-state index is 13.5. The Labute approximate surface area is 250 Å². The number of benzene rings is 2. The second-order valence-corrected chi connectivity index (χ2v) is 9.57. The molecule has 3 heterocycles. The molecular formula is C28H32Cl3F3N6. The van der Waals surface area contributed by atoms with Crippen molar-refractivity contribution in [3.8, 4) is 0 Å². The summed E-state index contributed by atoms with van der Waals surface area (Å²) in [6.07, 6.45) is 2.02. The third kappa shape index (κ3) is 6.71. The Hall–Kier alpha value is -2.85. The fraction of sp³-hybridized carbons (Fsp3) is 0.321. The van der Waals surface area contributed by atoms with Crippen LogP contribution < -0.4 is 5.32 Å². The highest BCUT2D eigenvalue weighted by atomic mass is 35.5. The fourth-order valence-electron chi connectivity index (χ4n) is 5.28. The summed E-state index contributed by atoms with van der Waals surface area (Å²) in [6, 6.07) is 17.6. The number of alkyl halides is 3. The largest absolute Gasteiger partial charge is 0.416 e. The zero-order valence-corrected chi connectivity index (χ0v) is 24.4. The number of imidazole rings is 1. The van der Waals surface area contributed by atoms with Gasteiger partial charge in [0.05, 0.1) is 17.3 Å². The van der Waals surface area contributed by atoms with Crippen LogP contribution in [-0.4, -0.2) is 38.4 Å². The summed E-state index contributed by atoms with van der Waals surface area (Å²) in [5.41, 5.74) is 1.12. The molecule has 4 aromatic rings. The number of aromatic amines is 1. The average Bonchev–Trinajstić information content (AvgIpc) is 3.45. The Morgan fingerprint density at radius 1 is 1.00 bits per heavy atom. The third-order valence-electron chi connectivity index (χ3n) is 7.31. The lowest BCUT2D eigenvalue weighted by Gasteiger charge is -2.46. The van der Waals surface area contributed by atoms with Crippen LogP contribution in [0.25, 0.3) is 0 Å². The number of likely N-dealkylation sites (tertiary alicyclic amines) is 1. The smallest absolute Gasteiger partial charge is 0.348 e. The first-order valence-electron chi connectivity index (χ1n) is 12.3. The number of rotatable bonds is 6. The van der Waals surface area contributed by atoms with Crippen molar-refractivity contribution in [1.82, 2.24) is 24.8 Å². The molecule has 0 amide bonds. The van der Waals surface area contributed by atoms with Crippen LogP contribution >= 0.6 is 37.2 Å². The first-order valence-corrected chi connectivity index (χ1v) is 12.3. The van der Waals surface area contributed by atoms with Crippen molar-refractivity contribution in [2.24, 2.45) is 0 Å². The number of halogens is 6. The van der Waals surface area contributed by atoms with Crippen LogP contribution in [0, 0.1) is 0 Å². The molecule has 1 aliphatic rings. The van der Waals surface area contributed by atoms with Gasteiger partial charge in [0.1, 0.15) is 11.4 Å². The van der Waals surface area contributed by atoms with Crippen LogP contribution in [0.3, 0.4) is 0 Å². The second-order valence-electron chi connectivity index (χ2n) is 9.57. The van der Waals surface area contributed by atoms with E-state index < -0.39 is 17.3 Å². The highest BCUT2D eigenvalue weighted by molar-refractivity contribution is 5.86. The van der Waals surface area contributed by atoms with E-state index in [0.717, 1.165) is 23.7 Å². The van der Waals surface area contributed by atoms with Crippen molar-refractivity contribution in [3.63, 3.8) is 0 Å². The summed E-state index contributed by atoms with van der Waals surface area (Å²) in [5.74, 6) is 1.07. The van der Waals surface area contributed by atoms with Gasteiger partial charge in [0, 0.05) is 18.6 Å². The van der Waals surface area contributed by atoms with E-state index in [1.807, 2.05) is 50.4 Å². The molecule has 3 atom stereocenters. The van der Waals surface area contributed by atoms with E-state index in [2.05, 4.69) is 25.2 Å². The van der Waals surface area contributed by atoms with E-state index in [-0.39, 0.29) is 49.2 Å². The van der Waals surface area contributed by atoms with Gasteiger partial charge in [-0.1, -0.05) is 48.5 Å². The molecule has 216 valence electrons. The molecular weight excluding hydrogens is 584 g/mol. The van der Waals surface area contributed by atoms with Crippen LogP contribution in [-0.2, 0) is 11.7 Å². The lowest BCUT2D eigenvalue weighted by atomic mass is 9.74. The van der Waals surface area contributed by atoms with Crippen LogP contribution in [0.1, 0.15) is 59.9 Å². The zero-order valence-electron chi connectivity index (χ0n) is 21.9. The van der Waals surface area contributed by atoms with Gasteiger partial charge in [-0.3, -0.25) is 4.90 Å². The van der Waals surface area contributed by atoms with Gasteiger partial charge >= 0.3 is 6.18 Å². The molecule has 2 aromatic heterocycles. The Balaban J connectivity index is 0.00000187. The lowest BCUT2D eigenvalue weighted by molar-refractivity contribution is -0.137. The number of piperidine rings is 1. The second kappa shape index (κ2) is 13.7. The van der Waals surface area contributed by atoms with Crippen molar-refractivity contribution in [3.05, 3.63) is 107 Å². The molecule has 40 heavy (non-hydrogen) atoms. The Morgan fingerprint density at radius 2 is 1.75 bits per heavy atom. The highest BCUT2D eigenvalue weighted by Gasteiger charge is 2.47. The Bertz CT molecular complexity index is 1340. The molecule has 2 N–H and O–H groups in total. The molecule has 6 nitrogen and oxygen atoms in total. The summed E-state index contributed by atoms with van der Waals surface area (Å²) in [5, 5.41) is 3.39. The standard InChI is InChI=1S/C28H29F3N6.3ClH/c1-19(20-7-4-3-5-8-20)35-26-34-13-11-24(36-26)27(25-32-14-15-33-25)18-22(12-16-37(27)2)21-9-6-10-23(17-21)28(29,30)31;;;/h3-11,13-15,17,19,22H,12,16,18H2,1-2H3,(H,32,33)(H,34,35,36);3*1H. The molecule has 5 rings (SSSR count). The van der Waals surface area contributed by atoms with Gasteiger partial charge < -0.3 is 10.3 Å². The minimum atomic E-state index is -4.39. The van der Waals surface area contributed by atoms with E-state index >= 15 is 0 Å². The number of nitrogens with zero attached hydrogens (tertiary/aromatic N) is 4. The zero-order chi connectivity index (χ0) is 26.0. The van der Waals surface area contributed by atoms with Crippen LogP contribution in [0.4, 0.5) is 19.1 Å². The van der Waals surface area contributed by atoms with E-state index in [1.165, 1.54) is 12.1 Å². The number of H-pyrrole nitrogens is 1. The minimum absolute atomic E-state index is 0. The van der Waals surface area contributed by atoms with Crippen LogP contribution in [0.15, 0.2) is 79.3 Å². The molecule has 0 spiro atoms. The molecule has 0 aliphatic carbocycles. The van der Waals surface area contributed by atoms with E-state index in [0.29, 0.717) is 30.3 Å². The number of nitrogens with one attached hydrogen (secondary N) is 2. The average molecular weight is 616 g/mol. The summed E-state index contributed by atoms with van der Waals surface area (Å²) < 4.78 is 40.4. The van der Waals surface area contributed by atoms with Crippen molar-refractivity contribution >= 4 is 43.2 Å². The first-order chi connectivity index (χ1) is 17.8. The van der Waals surface area contributed by atoms with E-state index in [9.17, 15) is 13.2 Å². The summed E-state index contributed by atoms with van der Waals surface area (Å²) in [4.78, 5) is 19.4. The van der Waals surface area contributed by atoms with Crippen molar-refractivity contribution in [2.45, 2.75) is 43.4 Å². The van der Waals surface area contributed by atoms with Gasteiger partial charge in [-0.05, 0) is 62.5 Å². The predicted molar refractivity (Wildman–Crippen MR) is 158 cm³/mol. The molecule has 0 radical (unpaired) electrons. The van der Waals surface area contributed by atoms with Gasteiger partial charge in [-0.2, -0.15) is 13.2 Å². The molecule has 0 saturated carbocycles. The molecule has 3 unspecified atom stereocenters. The highest BCUT2D eigenvalue weighted by Crippen LogP contribution is 2.46.